The minimum atomic E-state index is -0.462. The number of nitro groups is 1. The number of non-ortho nitro benzene ring substituents is 1. The Morgan fingerprint density at radius 3 is 2.32 bits per heavy atom. The van der Waals surface area contributed by atoms with Gasteiger partial charge in [-0.05, 0) is 49.6 Å². The average Bonchev–Trinajstić information content (AvgIpc) is 3.31. The van der Waals surface area contributed by atoms with Crippen molar-refractivity contribution in [1.29, 1.82) is 0 Å². The van der Waals surface area contributed by atoms with Gasteiger partial charge in [-0.2, -0.15) is 0 Å². The first kappa shape index (κ1) is 14.2. The highest BCUT2D eigenvalue weighted by Gasteiger charge is 2.28. The van der Waals surface area contributed by atoms with Crippen molar-refractivity contribution in [3.05, 3.63) is 62.4 Å². The van der Waals surface area contributed by atoms with Crippen LogP contribution in [-0.2, 0) is 0 Å². The summed E-state index contributed by atoms with van der Waals surface area (Å²) in [5.74, 6) is -0.255. The number of hydrogen-bond donors (Lipinski definition) is 0. The number of carbonyl (C=O) groups is 1. The van der Waals surface area contributed by atoms with Crippen LogP contribution in [0.3, 0.4) is 0 Å². The highest BCUT2D eigenvalue weighted by atomic mass is 16.6. The van der Waals surface area contributed by atoms with Crippen LogP contribution in [0.15, 0.2) is 41.2 Å². The maximum atomic E-state index is 12.5. The van der Waals surface area contributed by atoms with E-state index in [1.807, 2.05) is 0 Å². The molecule has 0 atom stereocenters. The number of aromatic nitrogens is 1. The van der Waals surface area contributed by atoms with E-state index in [0.717, 1.165) is 18.4 Å². The highest BCUT2D eigenvalue weighted by Crippen LogP contribution is 2.37. The van der Waals surface area contributed by atoms with Gasteiger partial charge in [0.15, 0.2) is 5.78 Å². The van der Waals surface area contributed by atoms with E-state index >= 15 is 0 Å². The molecule has 1 aromatic heterocycles. The summed E-state index contributed by atoms with van der Waals surface area (Å²) < 4.78 is 1.64. The van der Waals surface area contributed by atoms with Crippen molar-refractivity contribution in [2.24, 2.45) is 0 Å². The van der Waals surface area contributed by atoms with Crippen LogP contribution in [0.5, 0.6) is 0 Å². The predicted octanol–water partition coefficient (Wildman–Crippen LogP) is 2.96. The molecular formula is C16H14N2O4. The standard InChI is InChI=1S/C16H14N2O4/c1-10(19)14-8-9-15(17(16(14)20)12-6-7-12)11-2-4-13(5-3-11)18(21)22/h2-5,8-9,12H,6-7H2,1H3. The van der Waals surface area contributed by atoms with Gasteiger partial charge in [-0.1, -0.05) is 0 Å². The Morgan fingerprint density at radius 2 is 1.82 bits per heavy atom. The van der Waals surface area contributed by atoms with E-state index < -0.39 is 4.92 Å². The lowest BCUT2D eigenvalue weighted by Crippen LogP contribution is -2.26. The average molecular weight is 298 g/mol. The summed E-state index contributed by atoms with van der Waals surface area (Å²) in [6.45, 7) is 1.37. The van der Waals surface area contributed by atoms with Crippen molar-refractivity contribution >= 4 is 11.5 Å². The van der Waals surface area contributed by atoms with Crippen LogP contribution in [0.1, 0.15) is 36.2 Å². The molecule has 0 aliphatic heterocycles. The second kappa shape index (κ2) is 5.22. The van der Waals surface area contributed by atoms with E-state index in [-0.39, 0.29) is 28.6 Å². The van der Waals surface area contributed by atoms with Gasteiger partial charge in [0.05, 0.1) is 16.2 Å². The van der Waals surface area contributed by atoms with Crippen LogP contribution >= 0.6 is 0 Å². The number of nitro benzene ring substituents is 1. The second-order valence-electron chi connectivity index (χ2n) is 5.40. The molecule has 22 heavy (non-hydrogen) atoms. The number of Topliss-reactive ketones (excluding diaryl/α,β-unsaturated/α-hetero) is 1. The van der Waals surface area contributed by atoms with Gasteiger partial charge in [-0.25, -0.2) is 0 Å². The van der Waals surface area contributed by atoms with Gasteiger partial charge < -0.3 is 4.57 Å². The molecule has 0 unspecified atom stereocenters. The monoisotopic (exact) mass is 298 g/mol. The number of rotatable bonds is 4. The predicted molar refractivity (Wildman–Crippen MR) is 81.1 cm³/mol. The van der Waals surface area contributed by atoms with Crippen LogP contribution in [0, 0.1) is 10.1 Å². The number of nitrogens with zero attached hydrogens (tertiary/aromatic N) is 2. The van der Waals surface area contributed by atoms with E-state index in [0.29, 0.717) is 5.69 Å². The smallest absolute Gasteiger partial charge is 0.269 e. The Kier molecular flexibility index (Phi) is 3.36. The topological polar surface area (TPSA) is 82.2 Å². The number of carbonyl (C=O) groups excluding carboxylic acids is 1. The summed E-state index contributed by atoms with van der Waals surface area (Å²) in [7, 11) is 0. The molecule has 1 heterocycles. The molecule has 3 rings (SSSR count). The van der Waals surface area contributed by atoms with E-state index in [4.69, 9.17) is 0 Å². The molecule has 0 bridgehead atoms. The molecule has 112 valence electrons. The van der Waals surface area contributed by atoms with E-state index in [1.165, 1.54) is 25.1 Å². The summed E-state index contributed by atoms with van der Waals surface area (Å²) in [5.41, 5.74) is 1.31. The molecule has 2 aromatic rings. The van der Waals surface area contributed by atoms with Crippen LogP contribution in [0.25, 0.3) is 11.3 Å². The van der Waals surface area contributed by atoms with Crippen molar-refractivity contribution in [2.75, 3.05) is 0 Å². The van der Waals surface area contributed by atoms with Crippen LogP contribution < -0.4 is 5.56 Å². The number of benzene rings is 1. The third-order valence-corrected chi connectivity index (χ3v) is 3.78. The van der Waals surface area contributed by atoms with Crippen LogP contribution in [0.4, 0.5) is 5.69 Å². The molecule has 1 saturated carbocycles. The summed E-state index contributed by atoms with van der Waals surface area (Å²) in [4.78, 5) is 34.3. The van der Waals surface area contributed by atoms with Crippen molar-refractivity contribution < 1.29 is 9.72 Å². The SMILES string of the molecule is CC(=O)c1ccc(-c2ccc([N+](=O)[O-])cc2)n(C2CC2)c1=O. The molecule has 0 amide bonds. The summed E-state index contributed by atoms with van der Waals surface area (Å²) in [6, 6.07) is 9.44. The minimum absolute atomic E-state index is 0.00410. The number of hydrogen-bond acceptors (Lipinski definition) is 4. The Bertz CT molecular complexity index is 817. The highest BCUT2D eigenvalue weighted by molar-refractivity contribution is 5.94. The molecule has 1 aromatic carbocycles. The Labute approximate surface area is 126 Å². The summed E-state index contributed by atoms with van der Waals surface area (Å²) >= 11 is 0. The fraction of sp³-hybridized carbons (Fsp3) is 0.250. The second-order valence-corrected chi connectivity index (χ2v) is 5.40. The number of pyridine rings is 1. The van der Waals surface area contributed by atoms with Crippen LogP contribution in [0.2, 0.25) is 0 Å². The molecule has 0 radical (unpaired) electrons. The first-order valence-corrected chi connectivity index (χ1v) is 7.00. The quantitative estimate of drug-likeness (QED) is 0.493. The maximum absolute atomic E-state index is 12.5. The molecule has 1 aliphatic rings. The van der Waals surface area contributed by atoms with Gasteiger partial charge >= 0.3 is 0 Å². The van der Waals surface area contributed by atoms with Crippen LogP contribution in [-0.4, -0.2) is 15.3 Å². The van der Waals surface area contributed by atoms with Crippen molar-refractivity contribution in [3.8, 4) is 11.3 Å². The van der Waals surface area contributed by atoms with Crippen molar-refractivity contribution in [2.45, 2.75) is 25.8 Å². The van der Waals surface area contributed by atoms with E-state index in [9.17, 15) is 19.7 Å². The third-order valence-electron chi connectivity index (χ3n) is 3.78. The summed E-state index contributed by atoms with van der Waals surface area (Å²) in [5, 5.41) is 10.7. The lowest BCUT2D eigenvalue weighted by atomic mass is 10.1. The third kappa shape index (κ3) is 2.43. The molecule has 6 heteroatoms. The Hall–Kier alpha value is -2.76. The zero-order valence-corrected chi connectivity index (χ0v) is 12.0. The lowest BCUT2D eigenvalue weighted by molar-refractivity contribution is -0.384. The van der Waals surface area contributed by atoms with Gasteiger partial charge in [-0.15, -0.1) is 0 Å². The largest absolute Gasteiger partial charge is 0.305 e. The minimum Gasteiger partial charge on any atom is -0.305 e. The molecule has 0 spiro atoms. The van der Waals surface area contributed by atoms with E-state index in [1.54, 1.807) is 22.8 Å². The van der Waals surface area contributed by atoms with Crippen molar-refractivity contribution in [1.82, 2.24) is 4.57 Å². The van der Waals surface area contributed by atoms with Gasteiger partial charge in [0.2, 0.25) is 0 Å². The molecule has 1 aliphatic carbocycles. The van der Waals surface area contributed by atoms with E-state index in [2.05, 4.69) is 0 Å². The van der Waals surface area contributed by atoms with Gasteiger partial charge in [-0.3, -0.25) is 19.7 Å². The number of ketones is 1. The summed E-state index contributed by atoms with van der Waals surface area (Å²) in [6.07, 6.45) is 1.81. The first-order chi connectivity index (χ1) is 10.5. The molecular weight excluding hydrogens is 284 g/mol. The van der Waals surface area contributed by atoms with Crippen molar-refractivity contribution in [3.63, 3.8) is 0 Å². The van der Waals surface area contributed by atoms with Gasteiger partial charge in [0.25, 0.3) is 11.2 Å². The molecule has 0 saturated heterocycles. The maximum Gasteiger partial charge on any atom is 0.269 e. The van der Waals surface area contributed by atoms with Gasteiger partial charge in [0, 0.05) is 18.2 Å². The zero-order chi connectivity index (χ0) is 15.9. The fourth-order valence-corrected chi connectivity index (χ4v) is 2.51. The first-order valence-electron chi connectivity index (χ1n) is 7.00. The fourth-order valence-electron chi connectivity index (χ4n) is 2.51. The normalized spacial score (nSPS) is 13.9. The zero-order valence-electron chi connectivity index (χ0n) is 12.0. The van der Waals surface area contributed by atoms with Gasteiger partial charge in [0.1, 0.15) is 0 Å². The molecule has 0 N–H and O–H groups in total. The molecule has 1 fully saturated rings. The Morgan fingerprint density at radius 1 is 1.18 bits per heavy atom. The molecule has 6 nitrogen and oxygen atoms in total. The lowest BCUT2D eigenvalue weighted by Gasteiger charge is -2.13. The Balaban J connectivity index is 2.14.